The predicted octanol–water partition coefficient (Wildman–Crippen LogP) is 3.90. The highest BCUT2D eigenvalue weighted by molar-refractivity contribution is 9.10. The third-order valence-electron chi connectivity index (χ3n) is 3.41. The molecule has 0 heterocycles. The summed E-state index contributed by atoms with van der Waals surface area (Å²) in [6, 6.07) is 9.08. The molecule has 0 fully saturated rings. The van der Waals surface area contributed by atoms with E-state index in [0.29, 0.717) is 22.1 Å². The van der Waals surface area contributed by atoms with Crippen molar-refractivity contribution in [2.24, 2.45) is 0 Å². The van der Waals surface area contributed by atoms with Crippen LogP contribution in [-0.4, -0.2) is 25.9 Å². The maximum absolute atomic E-state index is 12.1. The Labute approximate surface area is 149 Å². The van der Waals surface area contributed by atoms with E-state index in [0.717, 1.165) is 16.8 Å². The van der Waals surface area contributed by atoms with Gasteiger partial charge in [0.05, 0.1) is 12.7 Å². The molecule has 6 heteroatoms. The molecule has 0 aliphatic rings. The van der Waals surface area contributed by atoms with Gasteiger partial charge in [-0.1, -0.05) is 28.1 Å². The zero-order valence-corrected chi connectivity index (χ0v) is 15.3. The summed E-state index contributed by atoms with van der Waals surface area (Å²) in [4.78, 5) is 23.3. The third kappa shape index (κ3) is 4.35. The van der Waals surface area contributed by atoms with Crippen molar-refractivity contribution in [1.29, 1.82) is 0 Å². The van der Waals surface area contributed by atoms with Gasteiger partial charge in [0.25, 0.3) is 5.91 Å². The first kappa shape index (κ1) is 18.0. The van der Waals surface area contributed by atoms with E-state index in [1.165, 1.54) is 7.11 Å². The van der Waals surface area contributed by atoms with Crippen molar-refractivity contribution in [2.75, 3.05) is 19.0 Å². The summed E-state index contributed by atoms with van der Waals surface area (Å²) in [5, 5.41) is 2.81. The van der Waals surface area contributed by atoms with Crippen molar-refractivity contribution in [1.82, 2.24) is 0 Å². The lowest BCUT2D eigenvalue weighted by atomic mass is 10.1. The van der Waals surface area contributed by atoms with E-state index in [9.17, 15) is 9.59 Å². The van der Waals surface area contributed by atoms with Crippen molar-refractivity contribution in [3.05, 3.63) is 51.5 Å². The molecule has 1 N–H and O–H groups in total. The van der Waals surface area contributed by atoms with Crippen LogP contribution in [0.4, 0.5) is 5.69 Å². The number of halogens is 1. The van der Waals surface area contributed by atoms with Crippen LogP contribution in [0.1, 0.15) is 21.5 Å². The maximum atomic E-state index is 12.1. The minimum Gasteiger partial charge on any atom is -0.493 e. The van der Waals surface area contributed by atoms with Gasteiger partial charge >= 0.3 is 0 Å². The molecule has 2 aromatic rings. The summed E-state index contributed by atoms with van der Waals surface area (Å²) in [5.41, 5.74) is 3.06. The van der Waals surface area contributed by atoms with Gasteiger partial charge < -0.3 is 14.8 Å². The van der Waals surface area contributed by atoms with Crippen LogP contribution >= 0.6 is 15.9 Å². The molecule has 0 aliphatic carbocycles. The number of ether oxygens (including phenoxy) is 2. The first-order valence-electron chi connectivity index (χ1n) is 7.27. The lowest BCUT2D eigenvalue weighted by molar-refractivity contribution is -0.118. The van der Waals surface area contributed by atoms with Gasteiger partial charge in [-0.15, -0.1) is 0 Å². The summed E-state index contributed by atoms with van der Waals surface area (Å²) < 4.78 is 11.4. The van der Waals surface area contributed by atoms with Crippen LogP contribution in [0.15, 0.2) is 34.8 Å². The van der Waals surface area contributed by atoms with Gasteiger partial charge in [-0.25, -0.2) is 0 Å². The Bertz CT molecular complexity index is 774. The average Bonchev–Trinajstić information content (AvgIpc) is 2.56. The van der Waals surface area contributed by atoms with Crippen LogP contribution in [-0.2, 0) is 4.79 Å². The van der Waals surface area contributed by atoms with Crippen LogP contribution < -0.4 is 14.8 Å². The molecule has 0 aliphatic heterocycles. The lowest BCUT2D eigenvalue weighted by Crippen LogP contribution is -2.21. The Hall–Kier alpha value is -2.34. The number of hydrogen-bond donors (Lipinski definition) is 1. The van der Waals surface area contributed by atoms with Crippen LogP contribution in [0, 0.1) is 13.8 Å². The smallest absolute Gasteiger partial charge is 0.262 e. The first-order chi connectivity index (χ1) is 11.4. The van der Waals surface area contributed by atoms with E-state index in [-0.39, 0.29) is 18.3 Å². The van der Waals surface area contributed by atoms with Gasteiger partial charge in [-0.3, -0.25) is 9.59 Å². The molecule has 0 unspecified atom stereocenters. The zero-order chi connectivity index (χ0) is 17.7. The Morgan fingerprint density at radius 2 is 2.00 bits per heavy atom. The summed E-state index contributed by atoms with van der Waals surface area (Å²) in [6.07, 6.45) is 0.658. The Morgan fingerprint density at radius 3 is 2.67 bits per heavy atom. The Morgan fingerprint density at radius 1 is 1.25 bits per heavy atom. The van der Waals surface area contributed by atoms with Crippen LogP contribution in [0.3, 0.4) is 0 Å². The van der Waals surface area contributed by atoms with Gasteiger partial charge in [-0.05, 0) is 43.2 Å². The number of carbonyl (C=O) groups excluding carboxylic acids is 2. The minimum absolute atomic E-state index is 0.230. The summed E-state index contributed by atoms with van der Waals surface area (Å²) >= 11 is 3.29. The molecular weight excluding hydrogens is 374 g/mol. The monoisotopic (exact) mass is 391 g/mol. The van der Waals surface area contributed by atoms with Crippen molar-refractivity contribution in [3.63, 3.8) is 0 Å². The van der Waals surface area contributed by atoms with Gasteiger partial charge in [-0.2, -0.15) is 0 Å². The zero-order valence-electron chi connectivity index (χ0n) is 13.7. The SMILES string of the molecule is COc1cc(Br)cc(C=O)c1OCC(=O)Nc1cc(C)ccc1C. The molecule has 0 saturated heterocycles. The summed E-state index contributed by atoms with van der Waals surface area (Å²) in [6.45, 7) is 3.64. The predicted molar refractivity (Wildman–Crippen MR) is 96.1 cm³/mol. The molecule has 2 rings (SSSR count). The van der Waals surface area contributed by atoms with E-state index in [4.69, 9.17) is 9.47 Å². The molecule has 0 radical (unpaired) electrons. The average molecular weight is 392 g/mol. The number of amides is 1. The fourth-order valence-electron chi connectivity index (χ4n) is 2.18. The topological polar surface area (TPSA) is 64.6 Å². The largest absolute Gasteiger partial charge is 0.493 e. The Kier molecular flexibility index (Phi) is 5.98. The number of rotatable bonds is 6. The second-order valence-electron chi connectivity index (χ2n) is 5.30. The molecule has 0 spiro atoms. The second kappa shape index (κ2) is 7.97. The molecule has 0 bridgehead atoms. The van der Waals surface area contributed by atoms with E-state index in [2.05, 4.69) is 21.2 Å². The van der Waals surface area contributed by atoms with Crippen molar-refractivity contribution >= 4 is 33.8 Å². The van der Waals surface area contributed by atoms with Crippen LogP contribution in [0.5, 0.6) is 11.5 Å². The molecule has 0 saturated carbocycles. The van der Waals surface area contributed by atoms with Gasteiger partial charge in [0.15, 0.2) is 24.4 Å². The van der Waals surface area contributed by atoms with Crippen molar-refractivity contribution in [3.8, 4) is 11.5 Å². The fraction of sp³-hybridized carbons (Fsp3) is 0.222. The molecule has 0 aromatic heterocycles. The summed E-state index contributed by atoms with van der Waals surface area (Å²) in [7, 11) is 1.47. The number of methoxy groups -OCH3 is 1. The highest BCUT2D eigenvalue weighted by Crippen LogP contribution is 2.34. The van der Waals surface area contributed by atoms with Gasteiger partial charge in [0, 0.05) is 10.2 Å². The van der Waals surface area contributed by atoms with E-state index < -0.39 is 0 Å². The normalized spacial score (nSPS) is 10.2. The number of nitrogens with one attached hydrogen (secondary N) is 1. The fourth-order valence-corrected chi connectivity index (χ4v) is 2.63. The number of hydrogen-bond acceptors (Lipinski definition) is 4. The van der Waals surface area contributed by atoms with Gasteiger partial charge in [0.1, 0.15) is 0 Å². The van der Waals surface area contributed by atoms with Crippen LogP contribution in [0.25, 0.3) is 0 Å². The van der Waals surface area contributed by atoms with Crippen molar-refractivity contribution < 1.29 is 19.1 Å². The minimum atomic E-state index is -0.314. The number of anilines is 1. The molecule has 5 nitrogen and oxygen atoms in total. The number of aryl methyl sites for hydroxylation is 2. The van der Waals surface area contributed by atoms with Crippen molar-refractivity contribution in [2.45, 2.75) is 13.8 Å². The van der Waals surface area contributed by atoms with Crippen LogP contribution in [0.2, 0.25) is 0 Å². The van der Waals surface area contributed by atoms with E-state index in [1.807, 2.05) is 32.0 Å². The molecule has 24 heavy (non-hydrogen) atoms. The molecule has 1 amide bonds. The lowest BCUT2D eigenvalue weighted by Gasteiger charge is -2.14. The standard InChI is InChI=1S/C18H18BrNO4/c1-11-4-5-12(2)15(6-11)20-17(22)10-24-18-13(9-21)7-14(19)8-16(18)23-3/h4-9H,10H2,1-3H3,(H,20,22). The second-order valence-corrected chi connectivity index (χ2v) is 6.22. The van der Waals surface area contributed by atoms with E-state index in [1.54, 1.807) is 12.1 Å². The molecular formula is C18H18BrNO4. The Balaban J connectivity index is 2.12. The number of benzene rings is 2. The molecule has 2 aromatic carbocycles. The van der Waals surface area contributed by atoms with E-state index >= 15 is 0 Å². The quantitative estimate of drug-likeness (QED) is 0.758. The third-order valence-corrected chi connectivity index (χ3v) is 3.87. The maximum Gasteiger partial charge on any atom is 0.262 e. The summed E-state index contributed by atoms with van der Waals surface area (Å²) in [5.74, 6) is 0.309. The highest BCUT2D eigenvalue weighted by Gasteiger charge is 2.14. The first-order valence-corrected chi connectivity index (χ1v) is 8.06. The molecule has 0 atom stereocenters. The number of carbonyl (C=O) groups is 2. The van der Waals surface area contributed by atoms with Gasteiger partial charge in [0.2, 0.25) is 0 Å². The number of aldehydes is 1. The highest BCUT2D eigenvalue weighted by atomic mass is 79.9. The molecule has 126 valence electrons.